The normalized spacial score (nSPS) is 31.8. The Morgan fingerprint density at radius 3 is 2.65 bits per heavy atom. The fourth-order valence-corrected chi connectivity index (χ4v) is 2.86. The molecule has 3 unspecified atom stereocenters. The van der Waals surface area contributed by atoms with Gasteiger partial charge >= 0.3 is 11.2 Å². The van der Waals surface area contributed by atoms with E-state index in [0.29, 0.717) is 12.3 Å². The van der Waals surface area contributed by atoms with Gasteiger partial charge in [-0.1, -0.05) is 0 Å². The van der Waals surface area contributed by atoms with Gasteiger partial charge in [-0.3, -0.25) is 5.04 Å². The van der Waals surface area contributed by atoms with Crippen molar-refractivity contribution in [1.29, 1.82) is 0 Å². The Morgan fingerprint density at radius 1 is 1.35 bits per heavy atom. The zero-order chi connectivity index (χ0) is 12.5. The van der Waals surface area contributed by atoms with Crippen LogP contribution in [0.25, 0.3) is 0 Å². The number of fused-ring (bicyclic) bond motifs is 2. The summed E-state index contributed by atoms with van der Waals surface area (Å²) in [7, 11) is 0. The van der Waals surface area contributed by atoms with Crippen molar-refractivity contribution < 1.29 is 32.9 Å². The monoisotopic (exact) mass is 269 g/mol. The molecule has 0 aromatic carbocycles. The van der Waals surface area contributed by atoms with Crippen molar-refractivity contribution in [2.75, 3.05) is 0 Å². The standard InChI is InChI=1S/C9H12F2O5S/c10-9(11,17-16-15-13)8(12)14-7-4-5-1-2-6(7)3-5/h5-7,13H,1-4H2/p-1. The molecule has 0 spiro atoms. The number of carbonyl (C=O) groups is 1. The van der Waals surface area contributed by atoms with Crippen molar-refractivity contribution in [3.05, 3.63) is 0 Å². The highest BCUT2D eigenvalue weighted by atomic mass is 32.2. The first-order chi connectivity index (χ1) is 8.03. The van der Waals surface area contributed by atoms with Gasteiger partial charge in [0.25, 0.3) is 0 Å². The molecule has 2 bridgehead atoms. The molecular weight excluding hydrogens is 258 g/mol. The molecule has 2 fully saturated rings. The Kier molecular flexibility index (Phi) is 3.86. The maximum Gasteiger partial charge on any atom is 0.415 e. The molecule has 17 heavy (non-hydrogen) atoms. The molecule has 0 saturated heterocycles. The van der Waals surface area contributed by atoms with Crippen LogP contribution in [-0.2, 0) is 18.9 Å². The fraction of sp³-hybridized carbons (Fsp3) is 0.889. The molecule has 98 valence electrons. The quantitative estimate of drug-likeness (QED) is 0.323. The highest BCUT2D eigenvalue weighted by molar-refractivity contribution is 7.96. The topological polar surface area (TPSA) is 67.8 Å². The molecule has 0 N–H and O–H groups in total. The van der Waals surface area contributed by atoms with Crippen molar-refractivity contribution >= 4 is 18.0 Å². The predicted molar refractivity (Wildman–Crippen MR) is 50.0 cm³/mol. The van der Waals surface area contributed by atoms with E-state index in [1.807, 2.05) is 0 Å². The van der Waals surface area contributed by atoms with Gasteiger partial charge in [-0.2, -0.15) is 13.1 Å². The zero-order valence-electron chi connectivity index (χ0n) is 8.77. The van der Waals surface area contributed by atoms with Crippen LogP contribution in [-0.4, -0.2) is 17.3 Å². The third-order valence-corrected chi connectivity index (χ3v) is 3.84. The highest BCUT2D eigenvalue weighted by Gasteiger charge is 2.48. The molecule has 0 amide bonds. The van der Waals surface area contributed by atoms with Gasteiger partial charge in [0.1, 0.15) is 18.1 Å². The molecule has 8 heteroatoms. The molecular formula is C9H11F2O5S-. The molecule has 3 atom stereocenters. The minimum atomic E-state index is -3.92. The van der Waals surface area contributed by atoms with Crippen molar-refractivity contribution in [1.82, 2.24) is 0 Å². The second-order valence-electron chi connectivity index (χ2n) is 4.35. The molecule has 0 aromatic rings. The van der Waals surface area contributed by atoms with Crippen LogP contribution < -0.4 is 5.26 Å². The van der Waals surface area contributed by atoms with E-state index in [2.05, 4.69) is 9.37 Å². The molecule has 0 heterocycles. The molecule has 2 rings (SSSR count). The molecule has 5 nitrogen and oxygen atoms in total. The van der Waals surface area contributed by atoms with Crippen LogP contribution in [0.3, 0.4) is 0 Å². The molecule has 2 aliphatic carbocycles. The van der Waals surface area contributed by atoms with Crippen molar-refractivity contribution in [2.45, 2.75) is 37.0 Å². The fourth-order valence-electron chi connectivity index (χ4n) is 2.63. The van der Waals surface area contributed by atoms with Crippen LogP contribution in [0.15, 0.2) is 0 Å². The van der Waals surface area contributed by atoms with Crippen LogP contribution in [0, 0.1) is 11.8 Å². The summed E-state index contributed by atoms with van der Waals surface area (Å²) in [5.41, 5.74) is 0. The Balaban J connectivity index is 1.84. The Hall–Kier alpha value is -0.440. The van der Waals surface area contributed by atoms with E-state index in [-0.39, 0.29) is 5.92 Å². The Labute approximate surface area is 100 Å². The summed E-state index contributed by atoms with van der Waals surface area (Å²) in [6, 6.07) is 0. The third kappa shape index (κ3) is 2.87. The summed E-state index contributed by atoms with van der Waals surface area (Å²) in [5, 5.41) is 8.27. The van der Waals surface area contributed by atoms with Gasteiger partial charge in [0.2, 0.25) is 0 Å². The van der Waals surface area contributed by atoms with Crippen molar-refractivity contribution in [3.8, 4) is 0 Å². The molecule has 0 radical (unpaired) electrons. The third-order valence-electron chi connectivity index (χ3n) is 3.34. The molecule has 2 saturated carbocycles. The van der Waals surface area contributed by atoms with Crippen LogP contribution in [0.4, 0.5) is 8.78 Å². The maximum absolute atomic E-state index is 13.0. The SMILES string of the molecule is O=C(OC1CC2CCC1C2)C(F)(F)SOO[O-]. The van der Waals surface area contributed by atoms with E-state index in [1.54, 1.807) is 0 Å². The minimum Gasteiger partial charge on any atom is -0.691 e. The number of hydrogen-bond acceptors (Lipinski definition) is 6. The zero-order valence-corrected chi connectivity index (χ0v) is 9.58. The van der Waals surface area contributed by atoms with E-state index in [0.717, 1.165) is 19.3 Å². The van der Waals surface area contributed by atoms with Gasteiger partial charge in [-0.15, -0.1) is 0 Å². The summed E-state index contributed by atoms with van der Waals surface area (Å²) in [4.78, 5) is 11.2. The number of halogens is 2. The van der Waals surface area contributed by atoms with E-state index in [1.165, 1.54) is 0 Å². The largest absolute Gasteiger partial charge is 0.691 e. The van der Waals surface area contributed by atoms with E-state index in [4.69, 9.17) is 4.74 Å². The lowest BCUT2D eigenvalue weighted by Gasteiger charge is -2.23. The van der Waals surface area contributed by atoms with Crippen LogP contribution >= 0.6 is 12.0 Å². The predicted octanol–water partition coefficient (Wildman–Crippen LogP) is 1.18. The highest BCUT2D eigenvalue weighted by Crippen LogP contribution is 2.46. The minimum absolute atomic E-state index is 0.196. The lowest BCUT2D eigenvalue weighted by atomic mass is 9.98. The average Bonchev–Trinajstić information content (AvgIpc) is 2.88. The summed E-state index contributed by atoms with van der Waals surface area (Å²) in [6.07, 6.45) is 3.16. The van der Waals surface area contributed by atoms with E-state index >= 15 is 0 Å². The number of ether oxygens (including phenoxy) is 1. The number of hydrogen-bond donors (Lipinski definition) is 0. The summed E-state index contributed by atoms with van der Waals surface area (Å²) in [5.74, 6) is -1.00. The first-order valence-electron chi connectivity index (χ1n) is 5.26. The van der Waals surface area contributed by atoms with Crippen molar-refractivity contribution in [3.63, 3.8) is 0 Å². The van der Waals surface area contributed by atoms with Gasteiger partial charge in [-0.05, 0) is 37.5 Å². The summed E-state index contributed by atoms with van der Waals surface area (Å²) >= 11 is -0.652. The average molecular weight is 269 g/mol. The van der Waals surface area contributed by atoms with Gasteiger partial charge in [0.05, 0.1) is 0 Å². The Bertz CT molecular complexity index is 301. The number of carbonyl (C=O) groups excluding carboxylic acids is 1. The van der Waals surface area contributed by atoms with Gasteiger partial charge in [-0.25, -0.2) is 4.79 Å². The van der Waals surface area contributed by atoms with Crippen LogP contribution in [0.2, 0.25) is 0 Å². The lowest BCUT2D eigenvalue weighted by Crippen LogP contribution is -2.33. The van der Waals surface area contributed by atoms with E-state index < -0.39 is 29.4 Å². The number of rotatable bonds is 5. The van der Waals surface area contributed by atoms with Crippen LogP contribution in [0.1, 0.15) is 25.7 Å². The van der Waals surface area contributed by atoms with Gasteiger partial charge < -0.3 is 9.99 Å². The smallest absolute Gasteiger partial charge is 0.415 e. The number of esters is 1. The number of alkyl halides is 2. The lowest BCUT2D eigenvalue weighted by molar-refractivity contribution is -0.777. The second kappa shape index (κ2) is 5.05. The second-order valence-corrected chi connectivity index (χ2v) is 5.17. The first-order valence-corrected chi connectivity index (χ1v) is 6.00. The maximum atomic E-state index is 13.0. The summed E-state index contributed by atoms with van der Waals surface area (Å²) in [6.45, 7) is 0. The van der Waals surface area contributed by atoms with Crippen molar-refractivity contribution in [2.24, 2.45) is 11.8 Å². The molecule has 2 aliphatic rings. The molecule has 0 aliphatic heterocycles. The van der Waals surface area contributed by atoms with E-state index in [9.17, 15) is 18.8 Å². The summed E-state index contributed by atoms with van der Waals surface area (Å²) < 4.78 is 34.3. The Morgan fingerprint density at radius 2 is 2.12 bits per heavy atom. The molecule has 0 aromatic heterocycles. The first kappa shape index (κ1) is 13.0. The van der Waals surface area contributed by atoms with Gasteiger partial charge in [0, 0.05) is 0 Å². The van der Waals surface area contributed by atoms with Gasteiger partial charge in [0.15, 0.2) is 0 Å². The van der Waals surface area contributed by atoms with Crippen LogP contribution in [0.5, 0.6) is 0 Å².